The molecule has 1 atom stereocenters. The molecule has 0 bridgehead atoms. The third-order valence-electron chi connectivity index (χ3n) is 2.67. The number of ether oxygens (including phenoxy) is 1. The summed E-state index contributed by atoms with van der Waals surface area (Å²) >= 11 is 0. The highest BCUT2D eigenvalue weighted by Crippen LogP contribution is 2.25. The number of carbonyl (C=O) groups is 1. The van der Waals surface area contributed by atoms with Gasteiger partial charge in [-0.25, -0.2) is 0 Å². The molecule has 2 N–H and O–H groups in total. The van der Waals surface area contributed by atoms with E-state index in [0.29, 0.717) is 12.2 Å². The van der Waals surface area contributed by atoms with Crippen LogP contribution in [0, 0.1) is 6.92 Å². The molecule has 1 aromatic rings. The highest BCUT2D eigenvalue weighted by molar-refractivity contribution is 5.92. The zero-order chi connectivity index (χ0) is 13.5. The van der Waals surface area contributed by atoms with Gasteiger partial charge in [0.1, 0.15) is 5.75 Å². The molecule has 0 aromatic heterocycles. The summed E-state index contributed by atoms with van der Waals surface area (Å²) in [6.45, 7) is 6.87. The third kappa shape index (κ3) is 4.37. The van der Waals surface area contributed by atoms with E-state index in [1.54, 1.807) is 7.11 Å². The van der Waals surface area contributed by atoms with E-state index < -0.39 is 0 Å². The molecule has 1 amide bonds. The van der Waals surface area contributed by atoms with Crippen LogP contribution in [0.25, 0.3) is 0 Å². The van der Waals surface area contributed by atoms with E-state index in [9.17, 15) is 4.79 Å². The first kappa shape index (κ1) is 14.5. The lowest BCUT2D eigenvalue weighted by atomic mass is 10.2. The first-order chi connectivity index (χ1) is 8.56. The summed E-state index contributed by atoms with van der Waals surface area (Å²) in [6.07, 6.45) is 0.449. The first-order valence-corrected chi connectivity index (χ1v) is 6.24. The molecule has 100 valence electrons. The van der Waals surface area contributed by atoms with E-state index in [4.69, 9.17) is 4.74 Å². The van der Waals surface area contributed by atoms with Crippen LogP contribution in [0.2, 0.25) is 0 Å². The van der Waals surface area contributed by atoms with Crippen molar-refractivity contribution in [3.05, 3.63) is 23.8 Å². The second kappa shape index (κ2) is 7.01. The number of amides is 1. The van der Waals surface area contributed by atoms with E-state index in [-0.39, 0.29) is 11.9 Å². The van der Waals surface area contributed by atoms with Crippen LogP contribution in [0.4, 0.5) is 5.69 Å². The zero-order valence-electron chi connectivity index (χ0n) is 11.5. The van der Waals surface area contributed by atoms with Gasteiger partial charge in [-0.15, -0.1) is 0 Å². The van der Waals surface area contributed by atoms with Gasteiger partial charge in [0.15, 0.2) is 0 Å². The number of nitrogens with one attached hydrogen (secondary N) is 2. The van der Waals surface area contributed by atoms with Crippen LogP contribution in [-0.4, -0.2) is 25.6 Å². The number of rotatable bonds is 6. The Morgan fingerprint density at radius 1 is 1.44 bits per heavy atom. The van der Waals surface area contributed by atoms with Crippen LogP contribution in [-0.2, 0) is 4.79 Å². The van der Waals surface area contributed by atoms with Gasteiger partial charge < -0.3 is 15.4 Å². The van der Waals surface area contributed by atoms with Crippen LogP contribution < -0.4 is 15.4 Å². The molecule has 18 heavy (non-hydrogen) atoms. The van der Waals surface area contributed by atoms with Gasteiger partial charge in [0.25, 0.3) is 0 Å². The van der Waals surface area contributed by atoms with Gasteiger partial charge in [0.05, 0.1) is 12.8 Å². The van der Waals surface area contributed by atoms with E-state index in [1.807, 2.05) is 39.0 Å². The third-order valence-corrected chi connectivity index (χ3v) is 2.67. The Bertz CT molecular complexity index is 405. The van der Waals surface area contributed by atoms with Crippen LogP contribution in [0.15, 0.2) is 18.2 Å². The Hall–Kier alpha value is -1.55. The van der Waals surface area contributed by atoms with Crippen molar-refractivity contribution >= 4 is 11.6 Å². The van der Waals surface area contributed by atoms with Crippen molar-refractivity contribution in [2.24, 2.45) is 0 Å². The molecular formula is C14H22N2O2. The summed E-state index contributed by atoms with van der Waals surface area (Å²) in [5, 5.41) is 6.10. The molecule has 0 aliphatic heterocycles. The van der Waals surface area contributed by atoms with Crippen molar-refractivity contribution in [1.29, 1.82) is 0 Å². The Labute approximate surface area is 109 Å². The summed E-state index contributed by atoms with van der Waals surface area (Å²) in [6, 6.07) is 5.90. The molecule has 0 aliphatic carbocycles. The van der Waals surface area contributed by atoms with Crippen molar-refractivity contribution in [1.82, 2.24) is 5.32 Å². The lowest BCUT2D eigenvalue weighted by molar-refractivity contribution is -0.116. The maximum absolute atomic E-state index is 11.9. The van der Waals surface area contributed by atoms with Crippen molar-refractivity contribution in [2.45, 2.75) is 33.2 Å². The molecule has 0 spiro atoms. The standard InChI is InChI=1S/C14H22N2O2/c1-5-15-11(3)9-14(17)16-12-8-10(2)6-7-13(12)18-4/h6-8,11,15H,5,9H2,1-4H3,(H,16,17). The fourth-order valence-corrected chi connectivity index (χ4v) is 1.82. The fourth-order valence-electron chi connectivity index (χ4n) is 1.82. The fraction of sp³-hybridized carbons (Fsp3) is 0.500. The topological polar surface area (TPSA) is 50.4 Å². The van der Waals surface area contributed by atoms with Crippen LogP contribution in [0.5, 0.6) is 5.75 Å². The molecule has 0 saturated carbocycles. The van der Waals surface area contributed by atoms with Crippen molar-refractivity contribution < 1.29 is 9.53 Å². The number of hydrogen-bond acceptors (Lipinski definition) is 3. The van der Waals surface area contributed by atoms with Crippen molar-refractivity contribution in [2.75, 3.05) is 19.0 Å². The smallest absolute Gasteiger partial charge is 0.226 e. The molecule has 0 heterocycles. The lowest BCUT2D eigenvalue weighted by Gasteiger charge is -2.14. The SMILES string of the molecule is CCNC(C)CC(=O)Nc1cc(C)ccc1OC. The van der Waals surface area contributed by atoms with Crippen LogP contribution >= 0.6 is 0 Å². The minimum Gasteiger partial charge on any atom is -0.495 e. The Kier molecular flexibility index (Phi) is 5.65. The molecule has 1 unspecified atom stereocenters. The molecule has 0 fully saturated rings. The number of anilines is 1. The molecule has 4 nitrogen and oxygen atoms in total. The molecule has 4 heteroatoms. The largest absolute Gasteiger partial charge is 0.495 e. The number of hydrogen-bond donors (Lipinski definition) is 2. The normalized spacial score (nSPS) is 12.0. The maximum Gasteiger partial charge on any atom is 0.226 e. The van der Waals surface area contributed by atoms with Crippen LogP contribution in [0.3, 0.4) is 0 Å². The highest BCUT2D eigenvalue weighted by atomic mass is 16.5. The van der Waals surface area contributed by atoms with Gasteiger partial charge in [-0.05, 0) is 38.1 Å². The molecule has 1 aromatic carbocycles. The second-order valence-corrected chi connectivity index (χ2v) is 4.41. The van der Waals surface area contributed by atoms with E-state index >= 15 is 0 Å². The highest BCUT2D eigenvalue weighted by Gasteiger charge is 2.10. The van der Waals surface area contributed by atoms with E-state index in [1.165, 1.54) is 0 Å². The van der Waals surface area contributed by atoms with E-state index in [2.05, 4.69) is 10.6 Å². The van der Waals surface area contributed by atoms with Gasteiger partial charge in [-0.2, -0.15) is 0 Å². The zero-order valence-corrected chi connectivity index (χ0v) is 11.5. The van der Waals surface area contributed by atoms with Gasteiger partial charge in [-0.1, -0.05) is 13.0 Å². The van der Waals surface area contributed by atoms with Gasteiger partial charge in [0, 0.05) is 12.5 Å². The Morgan fingerprint density at radius 3 is 2.78 bits per heavy atom. The number of aryl methyl sites for hydroxylation is 1. The summed E-state index contributed by atoms with van der Waals surface area (Å²) in [5.74, 6) is 0.678. The number of methoxy groups -OCH3 is 1. The minimum absolute atomic E-state index is 0.00708. The predicted molar refractivity (Wildman–Crippen MR) is 74.1 cm³/mol. The Morgan fingerprint density at radius 2 is 2.17 bits per heavy atom. The Balaban J connectivity index is 2.66. The van der Waals surface area contributed by atoms with E-state index in [0.717, 1.165) is 17.8 Å². The summed E-state index contributed by atoms with van der Waals surface area (Å²) in [4.78, 5) is 11.9. The lowest BCUT2D eigenvalue weighted by Crippen LogP contribution is -2.30. The molecule has 1 rings (SSSR count). The van der Waals surface area contributed by atoms with Crippen molar-refractivity contribution in [3.63, 3.8) is 0 Å². The summed E-state index contributed by atoms with van der Waals surface area (Å²) in [7, 11) is 1.60. The average molecular weight is 250 g/mol. The second-order valence-electron chi connectivity index (χ2n) is 4.41. The number of benzene rings is 1. The first-order valence-electron chi connectivity index (χ1n) is 6.24. The number of carbonyl (C=O) groups excluding carboxylic acids is 1. The monoisotopic (exact) mass is 250 g/mol. The minimum atomic E-state index is -0.00708. The van der Waals surface area contributed by atoms with Gasteiger partial charge in [0.2, 0.25) is 5.91 Å². The molecule has 0 radical (unpaired) electrons. The molecule has 0 aliphatic rings. The molecule has 0 saturated heterocycles. The summed E-state index contributed by atoms with van der Waals surface area (Å²) < 4.78 is 5.22. The maximum atomic E-state index is 11.9. The van der Waals surface area contributed by atoms with Crippen molar-refractivity contribution in [3.8, 4) is 5.75 Å². The van der Waals surface area contributed by atoms with Crippen LogP contribution in [0.1, 0.15) is 25.8 Å². The quantitative estimate of drug-likeness (QED) is 0.814. The average Bonchev–Trinajstić information content (AvgIpc) is 2.29. The molecular weight excluding hydrogens is 228 g/mol. The van der Waals surface area contributed by atoms with Gasteiger partial charge in [-0.3, -0.25) is 4.79 Å². The predicted octanol–water partition coefficient (Wildman–Crippen LogP) is 2.33. The summed E-state index contributed by atoms with van der Waals surface area (Å²) in [5.41, 5.74) is 1.82. The van der Waals surface area contributed by atoms with Gasteiger partial charge >= 0.3 is 0 Å².